The summed E-state index contributed by atoms with van der Waals surface area (Å²) < 4.78 is 6.35. The van der Waals surface area contributed by atoms with Gasteiger partial charge in [0, 0.05) is 0 Å². The van der Waals surface area contributed by atoms with Gasteiger partial charge in [0.05, 0.1) is 0 Å². The first-order valence-electron chi connectivity index (χ1n) is 4.14. The van der Waals surface area contributed by atoms with E-state index in [4.69, 9.17) is 4.74 Å². The average Bonchev–Trinajstić information content (AvgIpc) is 2.09. The Labute approximate surface area is 98.2 Å². The molecule has 0 fully saturated rings. The van der Waals surface area contributed by atoms with Crippen molar-refractivity contribution in [3.05, 3.63) is 17.7 Å². The summed E-state index contributed by atoms with van der Waals surface area (Å²) in [5.74, 6) is 1.43. The molecule has 0 unspecified atom stereocenters. The second kappa shape index (κ2) is 4.59. The van der Waals surface area contributed by atoms with E-state index in [0.29, 0.717) is 5.92 Å². The van der Waals surface area contributed by atoms with Crippen LogP contribution in [0.2, 0.25) is 0 Å². The van der Waals surface area contributed by atoms with Crippen molar-refractivity contribution in [3.8, 4) is 5.75 Å². The molecule has 0 N–H and O–H groups in total. The summed E-state index contributed by atoms with van der Waals surface area (Å²) in [4.78, 5) is 1.05. The summed E-state index contributed by atoms with van der Waals surface area (Å²) in [5, 5.41) is 0. The molecule has 0 bridgehead atoms. The molecule has 1 nitrogen and oxygen atoms in total. The first kappa shape index (κ1) is 11.2. The van der Waals surface area contributed by atoms with Crippen LogP contribution in [-0.2, 0) is 0 Å². The molecule has 0 aromatic heterocycles. The Bertz CT molecular complexity index is 310. The van der Waals surface area contributed by atoms with Crippen LogP contribution in [0.25, 0.3) is 0 Å². The van der Waals surface area contributed by atoms with Crippen LogP contribution in [-0.4, -0.2) is 29.4 Å². The second-order valence-electron chi connectivity index (χ2n) is 3.19. The van der Waals surface area contributed by atoms with E-state index in [-0.39, 0.29) is 0 Å². The quantitative estimate of drug-likeness (QED) is 0.648. The number of rotatable bonds is 2. The topological polar surface area (TPSA) is 9.23 Å². The minimum absolute atomic E-state index is 0.513. The Balaban J connectivity index is 3.23. The van der Waals surface area contributed by atoms with Gasteiger partial charge in [0.15, 0.2) is 0 Å². The van der Waals surface area contributed by atoms with Crippen molar-refractivity contribution in [1.82, 2.24) is 0 Å². The Morgan fingerprint density at radius 3 is 2.46 bits per heavy atom. The number of hydrogen-bond donors (Lipinski definition) is 1. The molecule has 0 saturated heterocycles. The molecule has 0 atom stereocenters. The van der Waals surface area contributed by atoms with Crippen LogP contribution >= 0.6 is 12.6 Å². The van der Waals surface area contributed by atoms with Crippen LogP contribution in [0.15, 0.2) is 17.0 Å². The minimum atomic E-state index is 0.513. The van der Waals surface area contributed by atoms with E-state index >= 15 is 0 Å². The van der Waals surface area contributed by atoms with Gasteiger partial charge < -0.3 is 0 Å². The van der Waals surface area contributed by atoms with E-state index in [0.717, 1.165) is 14.3 Å². The molecule has 3 heteroatoms. The molecular weight excluding hydrogens is 296 g/mol. The Kier molecular flexibility index (Phi) is 3.97. The Morgan fingerprint density at radius 2 is 2.00 bits per heavy atom. The fourth-order valence-corrected chi connectivity index (χ4v) is 2.41. The fourth-order valence-electron chi connectivity index (χ4n) is 1.19. The molecule has 71 valence electrons. The first-order valence-corrected chi connectivity index (χ1v) is 5.76. The van der Waals surface area contributed by atoms with Crippen molar-refractivity contribution in [1.29, 1.82) is 0 Å². The predicted molar refractivity (Wildman–Crippen MR) is 59.7 cm³/mol. The Hall–Kier alpha value is 0.160. The number of thiol groups is 1. The van der Waals surface area contributed by atoms with Gasteiger partial charge in [-0.1, -0.05) is 0 Å². The molecule has 0 heterocycles. The normalized spacial score (nSPS) is 10.5. The van der Waals surface area contributed by atoms with Crippen molar-refractivity contribution in [3.63, 3.8) is 0 Å². The van der Waals surface area contributed by atoms with Gasteiger partial charge in [0.25, 0.3) is 0 Å². The van der Waals surface area contributed by atoms with Gasteiger partial charge in [0.1, 0.15) is 0 Å². The van der Waals surface area contributed by atoms with Gasteiger partial charge >= 0.3 is 98.5 Å². The standard InChI is InChI=1S/C10H13OSTe/c1-6(2)7-4-5-8(11-3)10(13)9(7)12/h4-6,12H,1-3H3. The summed E-state index contributed by atoms with van der Waals surface area (Å²) in [6.07, 6.45) is 0. The molecule has 1 rings (SSSR count). The maximum absolute atomic E-state index is 5.21. The summed E-state index contributed by atoms with van der Waals surface area (Å²) in [7, 11) is 1.69. The molecule has 0 aliphatic carbocycles. The predicted octanol–water partition coefficient (Wildman–Crippen LogP) is 1.90. The molecule has 0 aliphatic rings. The molecular formula is C10H13OSTe. The van der Waals surface area contributed by atoms with Crippen LogP contribution in [0.5, 0.6) is 5.75 Å². The third kappa shape index (κ3) is 2.34. The number of hydrogen-bond acceptors (Lipinski definition) is 2. The maximum atomic E-state index is 5.21. The summed E-state index contributed by atoms with van der Waals surface area (Å²) >= 11 is 6.46. The molecule has 0 amide bonds. The van der Waals surface area contributed by atoms with Gasteiger partial charge in [-0.2, -0.15) is 0 Å². The van der Waals surface area contributed by atoms with Crippen LogP contribution in [0.1, 0.15) is 25.3 Å². The number of ether oxygens (including phenoxy) is 1. The van der Waals surface area contributed by atoms with Crippen molar-refractivity contribution in [2.75, 3.05) is 7.11 Å². The zero-order chi connectivity index (χ0) is 10.0. The summed E-state index contributed by atoms with van der Waals surface area (Å²) in [6.45, 7) is 4.34. The van der Waals surface area contributed by atoms with E-state index in [1.54, 1.807) is 7.11 Å². The molecule has 0 spiro atoms. The van der Waals surface area contributed by atoms with E-state index in [2.05, 4.69) is 32.5 Å². The van der Waals surface area contributed by atoms with Crippen LogP contribution in [0.3, 0.4) is 0 Å². The van der Waals surface area contributed by atoms with Crippen molar-refractivity contribution in [2.24, 2.45) is 0 Å². The summed E-state index contributed by atoms with van der Waals surface area (Å²) in [6, 6.07) is 4.09. The second-order valence-corrected chi connectivity index (χ2v) is 4.80. The molecule has 0 aliphatic heterocycles. The molecule has 0 saturated carbocycles. The van der Waals surface area contributed by atoms with Crippen LogP contribution < -0.4 is 8.35 Å². The van der Waals surface area contributed by atoms with Gasteiger partial charge in [-0.05, 0) is 0 Å². The molecule has 1 radical (unpaired) electrons. The van der Waals surface area contributed by atoms with E-state index in [1.165, 1.54) is 5.56 Å². The van der Waals surface area contributed by atoms with Gasteiger partial charge in [-0.3, -0.25) is 0 Å². The van der Waals surface area contributed by atoms with E-state index in [9.17, 15) is 0 Å². The zero-order valence-electron chi connectivity index (χ0n) is 8.00. The van der Waals surface area contributed by atoms with Crippen molar-refractivity contribution >= 4 is 38.5 Å². The molecule has 1 aromatic rings. The SMILES string of the molecule is COc1ccc(C(C)C)c(S)c1[Te]. The van der Waals surface area contributed by atoms with Crippen LogP contribution in [0.4, 0.5) is 0 Å². The summed E-state index contributed by atoms with van der Waals surface area (Å²) in [5.41, 5.74) is 1.28. The van der Waals surface area contributed by atoms with Crippen molar-refractivity contribution < 1.29 is 4.74 Å². The van der Waals surface area contributed by atoms with Crippen molar-refractivity contribution in [2.45, 2.75) is 24.7 Å². The van der Waals surface area contributed by atoms with E-state index < -0.39 is 0 Å². The fraction of sp³-hybridized carbons (Fsp3) is 0.400. The number of methoxy groups -OCH3 is 1. The monoisotopic (exact) mass is 311 g/mol. The zero-order valence-corrected chi connectivity index (χ0v) is 11.2. The molecule has 13 heavy (non-hydrogen) atoms. The van der Waals surface area contributed by atoms with Gasteiger partial charge in [-0.25, -0.2) is 0 Å². The third-order valence-electron chi connectivity index (χ3n) is 1.97. The Morgan fingerprint density at radius 1 is 1.38 bits per heavy atom. The van der Waals surface area contributed by atoms with Gasteiger partial charge in [0.2, 0.25) is 0 Å². The average molecular weight is 309 g/mol. The number of benzene rings is 1. The molecule has 1 aromatic carbocycles. The third-order valence-corrected chi connectivity index (χ3v) is 4.08. The van der Waals surface area contributed by atoms with E-state index in [1.807, 2.05) is 28.4 Å². The first-order chi connectivity index (χ1) is 6.07. The van der Waals surface area contributed by atoms with Crippen LogP contribution in [0, 0.1) is 0 Å². The van der Waals surface area contributed by atoms with Gasteiger partial charge in [-0.15, -0.1) is 0 Å².